The van der Waals surface area contributed by atoms with Crippen molar-refractivity contribution in [2.45, 2.75) is 355 Å². The number of rotatable bonds is 3. The molecule has 10 aliphatic rings. The van der Waals surface area contributed by atoms with Crippen LogP contribution in [0.4, 0.5) is 0 Å². The molecule has 0 nitrogen and oxygen atoms in total. The molecule has 0 heterocycles. The van der Waals surface area contributed by atoms with Gasteiger partial charge >= 0.3 is 0 Å². The van der Waals surface area contributed by atoms with Crippen molar-refractivity contribution in [1.29, 1.82) is 0 Å². The summed E-state index contributed by atoms with van der Waals surface area (Å²) >= 11 is 0. The second-order valence-electron chi connectivity index (χ2n) is 35.7. The normalized spacial score (nSPS) is 40.2. The van der Waals surface area contributed by atoms with Gasteiger partial charge in [-0.15, -0.1) is 0 Å². The van der Waals surface area contributed by atoms with Crippen LogP contribution in [-0.4, -0.2) is 0 Å². The molecule has 0 bridgehead atoms. The third kappa shape index (κ3) is 29.1. The van der Waals surface area contributed by atoms with Crippen LogP contribution < -0.4 is 0 Å². The molecule has 12 atom stereocenters. The van der Waals surface area contributed by atoms with E-state index in [0.717, 1.165) is 142 Å². The number of hydrogen-bond donors (Lipinski definition) is 0. The first-order valence-corrected chi connectivity index (χ1v) is 36.8. The first-order chi connectivity index (χ1) is 36.8. The minimum atomic E-state index is 0.595. The van der Waals surface area contributed by atoms with E-state index < -0.39 is 0 Å². The predicted molar refractivity (Wildman–Crippen MR) is 367 cm³/mol. The Balaban J connectivity index is 0.000000444. The van der Waals surface area contributed by atoms with Crippen molar-refractivity contribution in [2.24, 2.45) is 158 Å². The van der Waals surface area contributed by atoms with Gasteiger partial charge in [0.25, 0.3) is 0 Å². The first-order valence-electron chi connectivity index (χ1n) is 36.8. The molecule has 0 aromatic rings. The maximum atomic E-state index is 2.38. The fraction of sp³-hybridized carbons (Fsp3) is 1.00. The summed E-state index contributed by atoms with van der Waals surface area (Å²) in [6, 6.07) is 0. The summed E-state index contributed by atoms with van der Waals surface area (Å²) in [5, 5.41) is 0. The van der Waals surface area contributed by atoms with Gasteiger partial charge in [0.2, 0.25) is 0 Å². The molecule has 10 aliphatic carbocycles. The zero-order valence-electron chi connectivity index (χ0n) is 61.6. The Bertz CT molecular complexity index is 1370. The molecular weight excluding hydrogens is 961 g/mol. The van der Waals surface area contributed by atoms with E-state index in [1.165, 1.54) is 148 Å². The molecule has 0 spiro atoms. The average Bonchev–Trinajstić information content (AvgIpc) is 4.14. The largest absolute Gasteiger partial charge is 0.0651 e. The highest BCUT2D eigenvalue weighted by atomic mass is 14.4. The van der Waals surface area contributed by atoms with Crippen molar-refractivity contribution < 1.29 is 0 Å². The van der Waals surface area contributed by atoms with Crippen LogP contribution in [0.2, 0.25) is 0 Å². The topological polar surface area (TPSA) is 0 Å². The summed E-state index contributed by atoms with van der Waals surface area (Å²) in [5.74, 6) is 23.9. The molecule has 0 aromatic heterocycles. The quantitative estimate of drug-likeness (QED) is 0.264. The predicted octanol–water partition coefficient (Wildman–Crippen LogP) is 27.3. The van der Waals surface area contributed by atoms with Crippen molar-refractivity contribution in [3.8, 4) is 0 Å². The number of hydrogen-bond acceptors (Lipinski definition) is 0. The second kappa shape index (κ2) is 37.6. The Kier molecular flexibility index (Phi) is 36.7. The molecule has 480 valence electrons. The lowest BCUT2D eigenvalue weighted by Gasteiger charge is -2.45. The summed E-state index contributed by atoms with van der Waals surface area (Å²) in [6.07, 6.45) is 33.6. The summed E-state index contributed by atoms with van der Waals surface area (Å²) in [7, 11) is 0. The maximum Gasteiger partial charge on any atom is -0.0329 e. The fourth-order valence-electron chi connectivity index (χ4n) is 16.1. The van der Waals surface area contributed by atoms with E-state index >= 15 is 0 Å². The Labute approximate surface area is 511 Å². The molecule has 80 heavy (non-hydrogen) atoms. The third-order valence-corrected chi connectivity index (χ3v) is 26.4. The minimum absolute atomic E-state index is 0.595. The zero-order chi connectivity index (χ0) is 61.6. The average molecular weight is 1120 g/mol. The highest BCUT2D eigenvalue weighted by molar-refractivity contribution is 4.87. The monoisotopic (exact) mass is 1120 g/mol. The van der Waals surface area contributed by atoms with Gasteiger partial charge in [-0.3, -0.25) is 0 Å². The zero-order valence-corrected chi connectivity index (χ0v) is 61.6. The highest BCUT2D eigenvalue weighted by Crippen LogP contribution is 2.46. The molecule has 10 fully saturated rings. The molecule has 10 saturated carbocycles. The van der Waals surface area contributed by atoms with Gasteiger partial charge < -0.3 is 0 Å². The van der Waals surface area contributed by atoms with Crippen molar-refractivity contribution in [2.75, 3.05) is 0 Å². The molecule has 0 N–H and O–H groups in total. The van der Waals surface area contributed by atoms with Crippen LogP contribution >= 0.6 is 0 Å². The van der Waals surface area contributed by atoms with Crippen LogP contribution in [0.25, 0.3) is 0 Å². The van der Waals surface area contributed by atoms with Crippen molar-refractivity contribution in [3.63, 3.8) is 0 Å². The van der Waals surface area contributed by atoms with Gasteiger partial charge in [0, 0.05) is 0 Å². The fourth-order valence-corrected chi connectivity index (χ4v) is 16.1. The first kappa shape index (κ1) is 78.0. The minimum Gasteiger partial charge on any atom is -0.0651 e. The third-order valence-electron chi connectivity index (χ3n) is 26.4. The lowest BCUT2D eigenvalue weighted by molar-refractivity contribution is 0.0302. The second-order valence-corrected chi connectivity index (χ2v) is 35.7. The Morgan fingerprint density at radius 3 is 0.800 bits per heavy atom. The van der Waals surface area contributed by atoms with Crippen LogP contribution in [0.3, 0.4) is 0 Å². The molecular formula is C80H160. The van der Waals surface area contributed by atoms with E-state index in [9.17, 15) is 0 Å². The van der Waals surface area contributed by atoms with Crippen LogP contribution in [-0.2, 0) is 0 Å². The maximum absolute atomic E-state index is 2.38. The standard InChI is InChI=1S/10C8H16/c2*1-6-4-7(2)8(3)5-6;1-6(2)8-4-7(3)5-8;1-7-4-5-8(2,3)6-7;1-8(2,3)7-5-4-6-7;1-7-5-4-6-8(7,2)3;2*1-6-4-5-7(2)8(6)3;1-5-6(2)8(4)7(5)3;1-3-7(2)8-5-4-6-8/h3*6-8H,4-5H2,1-3H3;3*7H,4-6H2,1-3H3;2*6-8H,4-5H2,1-3H3;5-8H,1-4H3;7-8H,3-6H2,1-2H3/t6?,7-,8?;;;;;;;;;/m0........./s1. The summed E-state index contributed by atoms with van der Waals surface area (Å²) in [5.41, 5.74) is 1.91. The van der Waals surface area contributed by atoms with Gasteiger partial charge in [-0.2, -0.15) is 0 Å². The molecule has 0 saturated heterocycles. The van der Waals surface area contributed by atoms with E-state index in [1.807, 2.05) is 0 Å². The Morgan fingerprint density at radius 1 is 0.362 bits per heavy atom. The lowest BCUT2D eigenvalue weighted by Crippen LogP contribution is -2.39. The highest BCUT2D eigenvalue weighted by Gasteiger charge is 2.38. The van der Waals surface area contributed by atoms with Crippen LogP contribution in [0.5, 0.6) is 0 Å². The van der Waals surface area contributed by atoms with Crippen molar-refractivity contribution in [1.82, 2.24) is 0 Å². The van der Waals surface area contributed by atoms with Gasteiger partial charge in [-0.25, -0.2) is 0 Å². The molecule has 0 amide bonds. The summed E-state index contributed by atoms with van der Waals surface area (Å²) in [4.78, 5) is 0. The molecule has 11 unspecified atom stereocenters. The van der Waals surface area contributed by atoms with Crippen molar-refractivity contribution in [3.05, 3.63) is 0 Å². The van der Waals surface area contributed by atoms with Gasteiger partial charge in [-0.05, 0) is 229 Å². The van der Waals surface area contributed by atoms with Gasteiger partial charge in [0.15, 0.2) is 0 Å². The smallest absolute Gasteiger partial charge is 0.0329 e. The molecule has 0 aromatic carbocycles. The van der Waals surface area contributed by atoms with E-state index in [4.69, 9.17) is 0 Å². The van der Waals surface area contributed by atoms with Crippen LogP contribution in [0, 0.1) is 158 Å². The van der Waals surface area contributed by atoms with E-state index in [0.29, 0.717) is 16.2 Å². The summed E-state index contributed by atoms with van der Waals surface area (Å²) in [6.45, 7) is 70.8. The molecule has 0 radical (unpaired) electrons. The van der Waals surface area contributed by atoms with Gasteiger partial charge in [-0.1, -0.05) is 285 Å². The van der Waals surface area contributed by atoms with Gasteiger partial charge in [0.1, 0.15) is 0 Å². The van der Waals surface area contributed by atoms with Crippen LogP contribution in [0.15, 0.2) is 0 Å². The Hall–Kier alpha value is 0. The van der Waals surface area contributed by atoms with E-state index in [-0.39, 0.29) is 0 Å². The van der Waals surface area contributed by atoms with Gasteiger partial charge in [0.05, 0.1) is 0 Å². The van der Waals surface area contributed by atoms with E-state index in [1.54, 1.807) is 0 Å². The summed E-state index contributed by atoms with van der Waals surface area (Å²) < 4.78 is 0. The molecule has 10 rings (SSSR count). The molecule has 0 heteroatoms. The molecule has 0 aliphatic heterocycles. The van der Waals surface area contributed by atoms with E-state index in [2.05, 4.69) is 208 Å². The lowest BCUT2D eigenvalue weighted by atomic mass is 9.60. The van der Waals surface area contributed by atoms with Crippen LogP contribution in [0.1, 0.15) is 355 Å². The Morgan fingerprint density at radius 2 is 0.713 bits per heavy atom. The SMILES string of the molecule is CC(C)(C)C1CCC1.CC1C(C)C(C)C1C.CC1CC(C(C)C)C1.CC1CC(C)C(C)C1.CC1CC(C)[C@@H](C)C1.CC1CCC(C)(C)C1.CC1CCC(C)C1C.CC1CCC(C)C1C.CC1CCCC1(C)C.CCC(C)C1CCC1. The van der Waals surface area contributed by atoms with Crippen molar-refractivity contribution >= 4 is 0 Å².